The van der Waals surface area contributed by atoms with Crippen molar-refractivity contribution in [3.05, 3.63) is 53.1 Å². The fourth-order valence-electron chi connectivity index (χ4n) is 3.58. The predicted molar refractivity (Wildman–Crippen MR) is 118 cm³/mol. The second-order valence-electron chi connectivity index (χ2n) is 6.87. The first-order valence-electron chi connectivity index (χ1n) is 10.1. The molecule has 2 aromatic carbocycles. The molecule has 2 atom stereocenters. The van der Waals surface area contributed by atoms with E-state index in [4.69, 9.17) is 15.2 Å². The van der Waals surface area contributed by atoms with Crippen LogP contribution in [0.15, 0.2) is 36.4 Å². The van der Waals surface area contributed by atoms with Gasteiger partial charge in [-0.3, -0.25) is 4.79 Å². The lowest BCUT2D eigenvalue weighted by atomic mass is 9.82. The minimum absolute atomic E-state index is 0.0182. The van der Waals surface area contributed by atoms with Gasteiger partial charge in [-0.15, -0.1) is 0 Å². The van der Waals surface area contributed by atoms with Gasteiger partial charge >= 0.3 is 0 Å². The van der Waals surface area contributed by atoms with Crippen molar-refractivity contribution >= 4 is 11.6 Å². The quantitative estimate of drug-likeness (QED) is 0.646. The van der Waals surface area contributed by atoms with Crippen molar-refractivity contribution in [2.75, 3.05) is 33.0 Å². The van der Waals surface area contributed by atoms with Crippen molar-refractivity contribution in [3.63, 3.8) is 0 Å². The normalized spacial score (nSPS) is 17.5. The third-order valence-corrected chi connectivity index (χ3v) is 5.03. The number of hydrogen-bond acceptors (Lipinski definition) is 5. The molecule has 0 saturated heterocycles. The molecule has 6 nitrogen and oxygen atoms in total. The van der Waals surface area contributed by atoms with Crippen LogP contribution in [0.3, 0.4) is 0 Å². The van der Waals surface area contributed by atoms with Gasteiger partial charge < -0.3 is 25.8 Å². The Morgan fingerprint density at radius 3 is 2.10 bits per heavy atom. The van der Waals surface area contributed by atoms with Gasteiger partial charge in [-0.05, 0) is 60.5 Å². The monoisotopic (exact) mass is 399 g/mol. The number of carbonyl (C=O) groups is 1. The highest BCUT2D eigenvalue weighted by Gasteiger charge is 2.34. The van der Waals surface area contributed by atoms with Crippen LogP contribution in [0, 0.1) is 0 Å². The van der Waals surface area contributed by atoms with E-state index in [1.54, 1.807) is 14.2 Å². The van der Waals surface area contributed by atoms with Crippen LogP contribution in [0.25, 0.3) is 0 Å². The van der Waals surface area contributed by atoms with Crippen LogP contribution < -0.4 is 25.8 Å². The summed E-state index contributed by atoms with van der Waals surface area (Å²) in [6.07, 6.45) is 0.720. The average Bonchev–Trinajstić information content (AvgIpc) is 2.73. The lowest BCUT2D eigenvalue weighted by Gasteiger charge is -2.33. The van der Waals surface area contributed by atoms with E-state index in [9.17, 15) is 4.79 Å². The zero-order valence-corrected chi connectivity index (χ0v) is 18.0. The second kappa shape index (κ2) is 10.7. The van der Waals surface area contributed by atoms with E-state index in [-0.39, 0.29) is 17.9 Å². The number of nitrogen functional groups attached to an aromatic ring is 1. The number of methoxy groups -OCH3 is 2. The van der Waals surface area contributed by atoms with Crippen LogP contribution in [0.2, 0.25) is 0 Å². The zero-order valence-electron chi connectivity index (χ0n) is 18.0. The minimum Gasteiger partial charge on any atom is -0.493 e. The molecule has 158 valence electrons. The first-order valence-corrected chi connectivity index (χ1v) is 10.1. The standard InChI is InChI=1S/C19H22N2O3.C4H11N/c1-4-13-14-9-16(23-2)17(24-3)10-15(14)18(21-19(13)22)11-6-5-7-12(20)8-11;1-3-5-4-2/h5-10,13,18H,4,20H2,1-3H3,(H,21,22);5H,3-4H2,1-2H3. The summed E-state index contributed by atoms with van der Waals surface area (Å²) in [5.74, 6) is 1.11. The average molecular weight is 400 g/mol. The van der Waals surface area contributed by atoms with Crippen LogP contribution in [-0.2, 0) is 4.79 Å². The van der Waals surface area contributed by atoms with Crippen molar-refractivity contribution < 1.29 is 14.3 Å². The number of anilines is 1. The number of nitrogens with two attached hydrogens (primary N) is 1. The first-order chi connectivity index (χ1) is 14.0. The summed E-state index contributed by atoms with van der Waals surface area (Å²) >= 11 is 0. The number of benzene rings is 2. The molecule has 0 aliphatic carbocycles. The molecular weight excluding hydrogens is 366 g/mol. The highest BCUT2D eigenvalue weighted by Crippen LogP contribution is 2.42. The number of fused-ring (bicyclic) bond motifs is 1. The van der Waals surface area contributed by atoms with Gasteiger partial charge in [0.15, 0.2) is 11.5 Å². The molecule has 6 heteroatoms. The van der Waals surface area contributed by atoms with Crippen LogP contribution in [0.1, 0.15) is 55.8 Å². The maximum Gasteiger partial charge on any atom is 0.228 e. The van der Waals surface area contributed by atoms with Crippen LogP contribution >= 0.6 is 0 Å². The molecule has 1 amide bonds. The van der Waals surface area contributed by atoms with E-state index in [0.29, 0.717) is 17.2 Å². The van der Waals surface area contributed by atoms with Crippen LogP contribution in [0.5, 0.6) is 11.5 Å². The Morgan fingerprint density at radius 2 is 1.62 bits per heavy atom. The Balaban J connectivity index is 0.000000537. The molecule has 1 aliphatic heterocycles. The third-order valence-electron chi connectivity index (χ3n) is 5.03. The number of amides is 1. The summed E-state index contributed by atoms with van der Waals surface area (Å²) in [5.41, 5.74) is 9.53. The van der Waals surface area contributed by atoms with E-state index in [1.165, 1.54) is 0 Å². The van der Waals surface area contributed by atoms with Crippen molar-refractivity contribution in [1.82, 2.24) is 10.6 Å². The zero-order chi connectivity index (χ0) is 21.4. The molecule has 1 aliphatic rings. The molecule has 2 aromatic rings. The molecule has 0 radical (unpaired) electrons. The lowest BCUT2D eigenvalue weighted by molar-refractivity contribution is -0.123. The minimum atomic E-state index is -0.251. The van der Waals surface area contributed by atoms with Gasteiger partial charge in [0, 0.05) is 5.69 Å². The van der Waals surface area contributed by atoms with E-state index >= 15 is 0 Å². The van der Waals surface area contributed by atoms with Gasteiger partial charge in [0.05, 0.1) is 26.2 Å². The van der Waals surface area contributed by atoms with Gasteiger partial charge in [-0.25, -0.2) is 0 Å². The Labute approximate surface area is 173 Å². The van der Waals surface area contributed by atoms with E-state index in [1.807, 2.05) is 43.3 Å². The van der Waals surface area contributed by atoms with Gasteiger partial charge in [-0.2, -0.15) is 0 Å². The molecule has 0 fully saturated rings. The smallest absolute Gasteiger partial charge is 0.228 e. The largest absolute Gasteiger partial charge is 0.493 e. The van der Waals surface area contributed by atoms with Crippen molar-refractivity contribution in [2.45, 2.75) is 39.2 Å². The maximum atomic E-state index is 12.6. The molecule has 4 N–H and O–H groups in total. The Bertz CT molecular complexity index is 821. The van der Waals surface area contributed by atoms with Gasteiger partial charge in [0.25, 0.3) is 0 Å². The summed E-state index contributed by atoms with van der Waals surface area (Å²) < 4.78 is 10.9. The molecule has 2 unspecified atom stereocenters. The molecule has 0 aromatic heterocycles. The lowest BCUT2D eigenvalue weighted by Crippen LogP contribution is -2.39. The predicted octanol–water partition coefficient (Wildman–Crippen LogP) is 3.61. The summed E-state index contributed by atoms with van der Waals surface area (Å²) in [7, 11) is 3.21. The van der Waals surface area contributed by atoms with Crippen LogP contribution in [-0.4, -0.2) is 33.2 Å². The topological polar surface area (TPSA) is 85.6 Å². The highest BCUT2D eigenvalue weighted by atomic mass is 16.5. The van der Waals surface area contributed by atoms with Crippen molar-refractivity contribution in [3.8, 4) is 11.5 Å². The van der Waals surface area contributed by atoms with Crippen LogP contribution in [0.4, 0.5) is 5.69 Å². The van der Waals surface area contributed by atoms with Gasteiger partial charge in [-0.1, -0.05) is 32.9 Å². The van der Waals surface area contributed by atoms with E-state index < -0.39 is 0 Å². The fraction of sp³-hybridized carbons (Fsp3) is 0.435. The van der Waals surface area contributed by atoms with Crippen molar-refractivity contribution in [2.24, 2.45) is 0 Å². The summed E-state index contributed by atoms with van der Waals surface area (Å²) in [4.78, 5) is 12.6. The number of hydrogen-bond donors (Lipinski definition) is 3. The third kappa shape index (κ3) is 5.21. The van der Waals surface area contributed by atoms with Crippen molar-refractivity contribution in [1.29, 1.82) is 0 Å². The molecule has 29 heavy (non-hydrogen) atoms. The summed E-state index contributed by atoms with van der Waals surface area (Å²) in [5, 5.41) is 6.23. The molecule has 0 spiro atoms. The first kappa shape index (κ1) is 22.6. The molecule has 0 bridgehead atoms. The number of carbonyl (C=O) groups excluding carboxylic acids is 1. The molecule has 0 saturated carbocycles. The van der Waals surface area contributed by atoms with Gasteiger partial charge in [0.1, 0.15) is 0 Å². The van der Waals surface area contributed by atoms with Gasteiger partial charge in [0.2, 0.25) is 5.91 Å². The maximum absolute atomic E-state index is 12.6. The molecule has 1 heterocycles. The van der Waals surface area contributed by atoms with E-state index in [0.717, 1.165) is 36.2 Å². The number of ether oxygens (including phenoxy) is 2. The Kier molecular flexibility index (Phi) is 8.34. The Morgan fingerprint density at radius 1 is 1.00 bits per heavy atom. The summed E-state index contributed by atoms with van der Waals surface area (Å²) in [6, 6.07) is 11.2. The Hall–Kier alpha value is -2.73. The fourth-order valence-corrected chi connectivity index (χ4v) is 3.58. The number of nitrogens with one attached hydrogen (secondary N) is 2. The summed E-state index contributed by atoms with van der Waals surface area (Å²) in [6.45, 7) is 8.39. The van der Waals surface area contributed by atoms with E-state index in [2.05, 4.69) is 24.5 Å². The molecular formula is C23H33N3O3. The molecule has 3 rings (SSSR count). The second-order valence-corrected chi connectivity index (χ2v) is 6.87. The highest BCUT2D eigenvalue weighted by molar-refractivity contribution is 5.87. The number of rotatable bonds is 6. The SMILES string of the molecule is CCC1C(=O)NC(c2cccc(N)c2)c2cc(OC)c(OC)cc21.CCNCC.